The average Bonchev–Trinajstić information content (AvgIpc) is 2.25. The number of benzene rings is 1. The predicted molar refractivity (Wildman–Crippen MR) is 77.6 cm³/mol. The molecular formula is C11H12Cl2O6S2. The molecule has 0 aliphatic carbocycles. The van der Waals surface area contributed by atoms with Crippen molar-refractivity contribution in [2.75, 3.05) is 0 Å². The van der Waals surface area contributed by atoms with Gasteiger partial charge in [0.15, 0.2) is 5.75 Å². The van der Waals surface area contributed by atoms with Crippen LogP contribution in [0.4, 0.5) is 0 Å². The lowest BCUT2D eigenvalue weighted by Gasteiger charge is -2.17. The largest absolute Gasteiger partial charge is 0.425 e. The molecule has 1 aromatic carbocycles. The zero-order valence-electron chi connectivity index (χ0n) is 11.3. The van der Waals surface area contributed by atoms with Gasteiger partial charge < -0.3 is 4.74 Å². The van der Waals surface area contributed by atoms with Crippen molar-refractivity contribution in [3.05, 3.63) is 18.2 Å². The van der Waals surface area contributed by atoms with E-state index in [0.717, 1.165) is 18.2 Å². The second-order valence-corrected chi connectivity index (χ2v) is 10.2. The summed E-state index contributed by atoms with van der Waals surface area (Å²) >= 11 is 0. The zero-order chi connectivity index (χ0) is 16.6. The van der Waals surface area contributed by atoms with Crippen molar-refractivity contribution in [3.63, 3.8) is 0 Å². The summed E-state index contributed by atoms with van der Waals surface area (Å²) in [5.74, 6) is -1.07. The van der Waals surface area contributed by atoms with Gasteiger partial charge in [-0.25, -0.2) is 16.8 Å². The highest BCUT2D eigenvalue weighted by Gasteiger charge is 2.28. The molecule has 0 unspecified atom stereocenters. The normalized spacial score (nSPS) is 13.0. The van der Waals surface area contributed by atoms with E-state index in [1.165, 1.54) is 0 Å². The highest BCUT2D eigenvalue weighted by atomic mass is 35.7. The highest BCUT2D eigenvalue weighted by molar-refractivity contribution is 8.14. The fourth-order valence-electron chi connectivity index (χ4n) is 1.17. The van der Waals surface area contributed by atoms with Crippen LogP contribution in [0.1, 0.15) is 20.8 Å². The van der Waals surface area contributed by atoms with Crippen LogP contribution in [-0.4, -0.2) is 22.8 Å². The average molecular weight is 375 g/mol. The maximum absolute atomic E-state index is 11.8. The summed E-state index contributed by atoms with van der Waals surface area (Å²) in [6.45, 7) is 4.71. The van der Waals surface area contributed by atoms with Crippen molar-refractivity contribution >= 4 is 45.4 Å². The molecule has 0 heterocycles. The van der Waals surface area contributed by atoms with Crippen LogP contribution in [0.2, 0.25) is 0 Å². The number of hydrogen-bond donors (Lipinski definition) is 0. The standard InChI is InChI=1S/C11H12Cl2O6S2/c1-11(2,3)10(14)19-8-5-4-7(20(12,15)16)6-9(8)21(13,17)18/h4-6H,1-3H3. The number of halogens is 2. The van der Waals surface area contributed by atoms with E-state index in [1.807, 2.05) is 0 Å². The number of carbonyl (C=O) groups is 1. The van der Waals surface area contributed by atoms with Gasteiger partial charge in [-0.3, -0.25) is 4.79 Å². The summed E-state index contributed by atoms with van der Waals surface area (Å²) in [4.78, 5) is 10.7. The van der Waals surface area contributed by atoms with Gasteiger partial charge in [-0.1, -0.05) is 0 Å². The third-order valence-corrected chi connectivity index (χ3v) is 4.97. The number of carbonyl (C=O) groups excluding carboxylic acids is 1. The molecule has 6 nitrogen and oxygen atoms in total. The smallest absolute Gasteiger partial charge is 0.316 e. The molecule has 1 rings (SSSR count). The van der Waals surface area contributed by atoms with Gasteiger partial charge in [-0.2, -0.15) is 0 Å². The van der Waals surface area contributed by atoms with E-state index in [9.17, 15) is 21.6 Å². The Balaban J connectivity index is 3.45. The van der Waals surface area contributed by atoms with Gasteiger partial charge in [-0.15, -0.1) is 0 Å². The minimum atomic E-state index is -4.34. The SMILES string of the molecule is CC(C)(C)C(=O)Oc1ccc(S(=O)(=O)Cl)cc1S(=O)(=O)Cl. The van der Waals surface area contributed by atoms with Crippen molar-refractivity contribution in [1.29, 1.82) is 0 Å². The molecule has 0 aliphatic rings. The first kappa shape index (κ1) is 18.2. The first-order valence-corrected chi connectivity index (χ1v) is 10.1. The topological polar surface area (TPSA) is 94.6 Å². The maximum atomic E-state index is 11.8. The van der Waals surface area contributed by atoms with E-state index in [0.29, 0.717) is 0 Å². The van der Waals surface area contributed by atoms with E-state index in [1.54, 1.807) is 20.8 Å². The van der Waals surface area contributed by atoms with Crippen LogP contribution >= 0.6 is 21.4 Å². The first-order valence-electron chi connectivity index (χ1n) is 5.48. The summed E-state index contributed by atoms with van der Waals surface area (Å²) in [7, 11) is 1.88. The van der Waals surface area contributed by atoms with Crippen molar-refractivity contribution < 1.29 is 26.4 Å². The van der Waals surface area contributed by atoms with Crippen LogP contribution in [0.3, 0.4) is 0 Å². The Hall–Kier alpha value is -0.830. The van der Waals surface area contributed by atoms with Crippen LogP contribution in [0.5, 0.6) is 5.75 Å². The quantitative estimate of drug-likeness (QED) is 0.458. The summed E-state index contributed by atoms with van der Waals surface area (Å²) in [5.41, 5.74) is -0.884. The molecule has 0 spiro atoms. The molecule has 21 heavy (non-hydrogen) atoms. The van der Waals surface area contributed by atoms with Gasteiger partial charge in [0.05, 0.1) is 10.3 Å². The predicted octanol–water partition coefficient (Wildman–Crippen LogP) is 2.49. The van der Waals surface area contributed by atoms with Crippen LogP contribution in [0.15, 0.2) is 28.0 Å². The van der Waals surface area contributed by atoms with Crippen molar-refractivity contribution in [2.24, 2.45) is 5.41 Å². The summed E-state index contributed by atoms with van der Waals surface area (Å²) in [5, 5.41) is 0. The molecule has 0 amide bonds. The van der Waals surface area contributed by atoms with Gasteiger partial charge >= 0.3 is 5.97 Å². The van der Waals surface area contributed by atoms with Gasteiger partial charge in [-0.05, 0) is 39.0 Å². The number of esters is 1. The molecule has 0 fully saturated rings. The minimum absolute atomic E-state index is 0.367. The van der Waals surface area contributed by atoms with Crippen molar-refractivity contribution in [1.82, 2.24) is 0 Å². The summed E-state index contributed by atoms with van der Waals surface area (Å²) in [6.07, 6.45) is 0. The number of ether oxygens (including phenoxy) is 1. The van der Waals surface area contributed by atoms with E-state index >= 15 is 0 Å². The number of hydrogen-bond acceptors (Lipinski definition) is 6. The van der Waals surface area contributed by atoms with Crippen molar-refractivity contribution in [3.8, 4) is 5.75 Å². The Morgan fingerprint density at radius 1 is 1.05 bits per heavy atom. The Morgan fingerprint density at radius 2 is 1.57 bits per heavy atom. The molecular weight excluding hydrogens is 363 g/mol. The van der Waals surface area contributed by atoms with Crippen LogP contribution < -0.4 is 4.74 Å². The fourth-order valence-corrected chi connectivity index (χ4v) is 3.00. The van der Waals surface area contributed by atoms with Crippen LogP contribution in [-0.2, 0) is 22.9 Å². The molecule has 0 aliphatic heterocycles. The molecule has 0 saturated heterocycles. The van der Waals surface area contributed by atoms with Gasteiger partial charge in [0.1, 0.15) is 4.90 Å². The molecule has 10 heteroatoms. The third kappa shape index (κ3) is 4.84. The highest BCUT2D eigenvalue weighted by Crippen LogP contribution is 2.32. The fraction of sp³-hybridized carbons (Fsp3) is 0.364. The molecule has 0 aromatic heterocycles. The summed E-state index contributed by atoms with van der Waals surface area (Å²) in [6, 6.07) is 2.75. The second kappa shape index (κ2) is 5.75. The Morgan fingerprint density at radius 3 is 1.95 bits per heavy atom. The van der Waals surface area contributed by atoms with E-state index in [4.69, 9.17) is 26.1 Å². The maximum Gasteiger partial charge on any atom is 0.316 e. The zero-order valence-corrected chi connectivity index (χ0v) is 14.4. The van der Waals surface area contributed by atoms with Gasteiger partial charge in [0.25, 0.3) is 18.1 Å². The molecule has 0 saturated carbocycles. The number of rotatable bonds is 3. The second-order valence-electron chi connectivity index (χ2n) is 5.12. The van der Waals surface area contributed by atoms with Crippen LogP contribution in [0, 0.1) is 5.41 Å². The van der Waals surface area contributed by atoms with Gasteiger partial charge in [0.2, 0.25) is 0 Å². The van der Waals surface area contributed by atoms with E-state index < -0.39 is 39.3 Å². The van der Waals surface area contributed by atoms with Crippen molar-refractivity contribution in [2.45, 2.75) is 30.6 Å². The lowest BCUT2D eigenvalue weighted by Crippen LogP contribution is -2.26. The molecule has 1 aromatic rings. The van der Waals surface area contributed by atoms with E-state index in [2.05, 4.69) is 0 Å². The molecule has 0 N–H and O–H groups in total. The van der Waals surface area contributed by atoms with Gasteiger partial charge in [0, 0.05) is 21.4 Å². The molecule has 0 radical (unpaired) electrons. The minimum Gasteiger partial charge on any atom is -0.425 e. The molecule has 118 valence electrons. The monoisotopic (exact) mass is 374 g/mol. The Kier molecular flexibility index (Phi) is 4.99. The Bertz CT molecular complexity index is 775. The first-order chi connectivity index (χ1) is 9.23. The molecule has 0 atom stereocenters. The lowest BCUT2D eigenvalue weighted by molar-refractivity contribution is -0.143. The van der Waals surface area contributed by atoms with Crippen LogP contribution in [0.25, 0.3) is 0 Å². The van der Waals surface area contributed by atoms with E-state index in [-0.39, 0.29) is 5.75 Å². The molecule has 0 bridgehead atoms. The summed E-state index contributed by atoms with van der Waals surface area (Å²) < 4.78 is 50.4. The Labute approximate surface area is 131 Å². The third-order valence-electron chi connectivity index (χ3n) is 2.27. The lowest BCUT2D eigenvalue weighted by atomic mass is 9.97.